The first kappa shape index (κ1) is 20.2. The van der Waals surface area contributed by atoms with Gasteiger partial charge in [0.15, 0.2) is 17.2 Å². The number of hydrogen-bond acceptors (Lipinski definition) is 5. The first-order valence-corrected chi connectivity index (χ1v) is 8.82. The highest BCUT2D eigenvalue weighted by atomic mass is 19.4. The first-order chi connectivity index (χ1) is 14.7. The number of nitrogens with zero attached hydrogens (tertiary/aromatic N) is 5. The molecule has 2 N–H and O–H groups in total. The molecule has 12 heteroatoms. The van der Waals surface area contributed by atoms with Crippen LogP contribution in [0.3, 0.4) is 0 Å². The molecule has 0 atom stereocenters. The highest BCUT2D eigenvalue weighted by molar-refractivity contribution is 6.04. The van der Waals surface area contributed by atoms with Gasteiger partial charge in [-0.1, -0.05) is 17.3 Å². The Hall–Kier alpha value is -4.09. The molecule has 1 amide bonds. The van der Waals surface area contributed by atoms with E-state index in [0.717, 1.165) is 24.3 Å². The third-order valence-corrected chi connectivity index (χ3v) is 4.20. The van der Waals surface area contributed by atoms with Crippen LogP contribution in [0, 0.1) is 12.7 Å². The lowest BCUT2D eigenvalue weighted by molar-refractivity contribution is -0.143. The van der Waals surface area contributed by atoms with Crippen molar-refractivity contribution in [2.45, 2.75) is 13.1 Å². The minimum atomic E-state index is -4.94. The Morgan fingerprint density at radius 1 is 1.13 bits per heavy atom. The van der Waals surface area contributed by atoms with E-state index in [0.29, 0.717) is 21.9 Å². The maximum absolute atomic E-state index is 13.7. The van der Waals surface area contributed by atoms with Crippen molar-refractivity contribution in [3.8, 4) is 17.1 Å². The molecule has 0 aliphatic heterocycles. The molecule has 0 spiro atoms. The van der Waals surface area contributed by atoms with Crippen molar-refractivity contribution in [2.24, 2.45) is 0 Å². The molecule has 4 rings (SSSR count). The predicted molar refractivity (Wildman–Crippen MR) is 101 cm³/mol. The first-order valence-electron chi connectivity index (χ1n) is 8.82. The van der Waals surface area contributed by atoms with Crippen LogP contribution in [-0.2, 0) is 6.18 Å². The van der Waals surface area contributed by atoms with Gasteiger partial charge in [-0.3, -0.25) is 9.89 Å². The van der Waals surface area contributed by atoms with E-state index in [9.17, 15) is 22.4 Å². The topological polar surface area (TPSA) is 101 Å². The van der Waals surface area contributed by atoms with Gasteiger partial charge < -0.3 is 5.32 Å². The fourth-order valence-corrected chi connectivity index (χ4v) is 2.85. The van der Waals surface area contributed by atoms with Gasteiger partial charge in [0, 0.05) is 11.3 Å². The van der Waals surface area contributed by atoms with E-state index in [4.69, 9.17) is 0 Å². The number of aromatic amines is 1. The number of carbonyl (C=O) groups excluding carboxylic acids is 1. The molecule has 0 saturated carbocycles. The number of aryl methyl sites for hydroxylation is 1. The number of nitrogens with one attached hydrogen (secondary N) is 2. The quantitative estimate of drug-likeness (QED) is 0.479. The van der Waals surface area contributed by atoms with Crippen molar-refractivity contribution in [1.82, 2.24) is 30.2 Å². The summed E-state index contributed by atoms with van der Waals surface area (Å²) in [5, 5.41) is 15.9. The van der Waals surface area contributed by atoms with Gasteiger partial charge >= 0.3 is 6.18 Å². The van der Waals surface area contributed by atoms with Crippen LogP contribution in [0.25, 0.3) is 17.1 Å². The standard InChI is InChI=1S/C19H13F4N7O/c1-10-24-17(28-26-10)11-3-2-4-13(9-11)25-18(31)15-16(19(21,22)23)30(29-27-15)14-7-5-12(20)6-8-14/h2-9H,1H3,(H,25,31)(H,24,26,28). The summed E-state index contributed by atoms with van der Waals surface area (Å²) < 4.78 is 54.7. The number of rotatable bonds is 4. The van der Waals surface area contributed by atoms with Crippen molar-refractivity contribution in [2.75, 3.05) is 5.32 Å². The molecule has 2 aromatic heterocycles. The molecule has 4 aromatic rings. The van der Waals surface area contributed by atoms with E-state index >= 15 is 0 Å². The number of amides is 1. The number of hydrogen-bond donors (Lipinski definition) is 2. The zero-order valence-electron chi connectivity index (χ0n) is 15.8. The molecule has 158 valence electrons. The van der Waals surface area contributed by atoms with Gasteiger partial charge in [0.25, 0.3) is 5.91 Å². The van der Waals surface area contributed by atoms with E-state index in [1.165, 1.54) is 12.1 Å². The summed E-state index contributed by atoms with van der Waals surface area (Å²) in [6, 6.07) is 10.4. The van der Waals surface area contributed by atoms with Crippen LogP contribution in [0.2, 0.25) is 0 Å². The Balaban J connectivity index is 1.67. The lowest BCUT2D eigenvalue weighted by Crippen LogP contribution is -2.21. The molecule has 0 bridgehead atoms. The van der Waals surface area contributed by atoms with Gasteiger partial charge in [-0.05, 0) is 43.3 Å². The SMILES string of the molecule is Cc1nc(-c2cccc(NC(=O)c3nnn(-c4ccc(F)cc4)c3C(F)(F)F)c2)n[nH]1. The third-order valence-electron chi connectivity index (χ3n) is 4.20. The van der Waals surface area contributed by atoms with Crippen LogP contribution in [0.4, 0.5) is 23.2 Å². The average Bonchev–Trinajstić information content (AvgIpc) is 3.35. The molecule has 2 heterocycles. The number of alkyl halides is 3. The van der Waals surface area contributed by atoms with Crippen LogP contribution in [0.15, 0.2) is 48.5 Å². The monoisotopic (exact) mass is 431 g/mol. The van der Waals surface area contributed by atoms with E-state index in [-0.39, 0.29) is 11.4 Å². The average molecular weight is 431 g/mol. The van der Waals surface area contributed by atoms with Gasteiger partial charge in [-0.25, -0.2) is 14.1 Å². The van der Waals surface area contributed by atoms with Crippen LogP contribution in [0.1, 0.15) is 22.0 Å². The van der Waals surface area contributed by atoms with Crippen LogP contribution < -0.4 is 5.32 Å². The molecule has 0 radical (unpaired) electrons. The summed E-state index contributed by atoms with van der Waals surface area (Å²) in [5.41, 5.74) is -1.63. The van der Waals surface area contributed by atoms with Crippen molar-refractivity contribution in [1.29, 1.82) is 0 Å². The molecular weight excluding hydrogens is 418 g/mol. The Labute approximate surface area is 171 Å². The number of carbonyl (C=O) groups is 1. The molecule has 0 aliphatic rings. The van der Waals surface area contributed by atoms with E-state index in [1.807, 2.05) is 0 Å². The van der Waals surface area contributed by atoms with Gasteiger partial charge in [0.05, 0.1) is 5.69 Å². The fourth-order valence-electron chi connectivity index (χ4n) is 2.85. The summed E-state index contributed by atoms with van der Waals surface area (Å²) in [5.74, 6) is -0.788. The number of H-pyrrole nitrogens is 1. The largest absolute Gasteiger partial charge is 0.435 e. The van der Waals surface area contributed by atoms with Crippen molar-refractivity contribution >= 4 is 11.6 Å². The van der Waals surface area contributed by atoms with Crippen molar-refractivity contribution in [3.63, 3.8) is 0 Å². The summed E-state index contributed by atoms with van der Waals surface area (Å²) in [6.07, 6.45) is -4.94. The van der Waals surface area contributed by atoms with E-state index in [1.54, 1.807) is 19.1 Å². The summed E-state index contributed by atoms with van der Waals surface area (Å²) in [4.78, 5) is 16.8. The summed E-state index contributed by atoms with van der Waals surface area (Å²) >= 11 is 0. The van der Waals surface area contributed by atoms with Gasteiger partial charge in [0.2, 0.25) is 0 Å². The maximum Gasteiger partial charge on any atom is 0.435 e. The molecule has 2 aromatic carbocycles. The second-order valence-corrected chi connectivity index (χ2v) is 6.45. The minimum Gasteiger partial charge on any atom is -0.321 e. The van der Waals surface area contributed by atoms with Gasteiger partial charge in [-0.2, -0.15) is 18.3 Å². The summed E-state index contributed by atoms with van der Waals surface area (Å²) in [6.45, 7) is 1.71. The minimum absolute atomic E-state index is 0.0951. The Bertz CT molecular complexity index is 1240. The zero-order chi connectivity index (χ0) is 22.2. The smallest absolute Gasteiger partial charge is 0.321 e. The predicted octanol–water partition coefficient (Wildman–Crippen LogP) is 3.77. The van der Waals surface area contributed by atoms with Crippen LogP contribution >= 0.6 is 0 Å². The Morgan fingerprint density at radius 2 is 1.87 bits per heavy atom. The number of anilines is 1. The van der Waals surface area contributed by atoms with Crippen LogP contribution in [-0.4, -0.2) is 36.1 Å². The number of aromatic nitrogens is 6. The van der Waals surface area contributed by atoms with Gasteiger partial charge in [0.1, 0.15) is 11.6 Å². The third kappa shape index (κ3) is 4.13. The maximum atomic E-state index is 13.7. The normalized spacial score (nSPS) is 11.5. The van der Waals surface area contributed by atoms with Crippen molar-refractivity contribution in [3.05, 3.63) is 71.6 Å². The highest BCUT2D eigenvalue weighted by Crippen LogP contribution is 2.33. The molecule has 8 nitrogen and oxygen atoms in total. The number of benzene rings is 2. The van der Waals surface area contributed by atoms with Crippen LogP contribution in [0.5, 0.6) is 0 Å². The highest BCUT2D eigenvalue weighted by Gasteiger charge is 2.42. The van der Waals surface area contributed by atoms with E-state index < -0.39 is 29.3 Å². The van der Waals surface area contributed by atoms with Crippen molar-refractivity contribution < 1.29 is 22.4 Å². The molecule has 0 unspecified atom stereocenters. The lowest BCUT2D eigenvalue weighted by Gasteiger charge is -2.11. The lowest BCUT2D eigenvalue weighted by atomic mass is 10.2. The zero-order valence-corrected chi connectivity index (χ0v) is 15.8. The fraction of sp³-hybridized carbons (Fsp3) is 0.105. The molecular formula is C19H13F4N7O. The van der Waals surface area contributed by atoms with Gasteiger partial charge in [-0.15, -0.1) is 5.10 Å². The summed E-state index contributed by atoms with van der Waals surface area (Å²) in [7, 11) is 0. The second kappa shape index (κ2) is 7.63. The molecule has 31 heavy (non-hydrogen) atoms. The van der Waals surface area contributed by atoms with E-state index in [2.05, 4.69) is 30.8 Å². The molecule has 0 aliphatic carbocycles. The number of halogens is 4. The second-order valence-electron chi connectivity index (χ2n) is 6.45. The molecule has 0 saturated heterocycles. The molecule has 0 fully saturated rings. The Kier molecular flexibility index (Phi) is 4.97. The Morgan fingerprint density at radius 3 is 2.52 bits per heavy atom.